The zero-order valence-electron chi connectivity index (χ0n) is 26.1. The zero-order chi connectivity index (χ0) is 34.3. The number of ether oxygens (including phenoxy) is 2. The van der Waals surface area contributed by atoms with Gasteiger partial charge >= 0.3 is 12.2 Å². The van der Waals surface area contributed by atoms with Gasteiger partial charge in [-0.1, -0.05) is 0 Å². The fourth-order valence-corrected chi connectivity index (χ4v) is 7.68. The predicted molar refractivity (Wildman–Crippen MR) is 161 cm³/mol. The maximum Gasteiger partial charge on any atom is 0.417 e. The molecule has 2 aromatic heterocycles. The van der Waals surface area contributed by atoms with E-state index in [-0.39, 0.29) is 55.0 Å². The van der Waals surface area contributed by atoms with Crippen molar-refractivity contribution in [1.82, 2.24) is 25.2 Å². The van der Waals surface area contributed by atoms with Crippen LogP contribution in [-0.2, 0) is 6.18 Å². The molecule has 3 aromatic rings. The van der Waals surface area contributed by atoms with E-state index in [1.54, 1.807) is 11.8 Å². The summed E-state index contributed by atoms with van der Waals surface area (Å²) in [6.07, 6.45) is -5.56. The van der Waals surface area contributed by atoms with Crippen molar-refractivity contribution in [2.24, 2.45) is 5.41 Å². The molecular weight excluding hydrogens is 648 g/mol. The monoisotopic (exact) mass is 683 g/mol. The van der Waals surface area contributed by atoms with Crippen molar-refractivity contribution in [2.45, 2.75) is 63.3 Å². The number of pyridine rings is 1. The number of nitrogens with zero attached hydrogens (tertiary/aromatic N) is 5. The Labute approximate surface area is 271 Å². The van der Waals surface area contributed by atoms with E-state index in [9.17, 15) is 27.8 Å². The van der Waals surface area contributed by atoms with Crippen LogP contribution in [0.1, 0.15) is 30.9 Å². The standard InChI is InChI=1S/C31H35F6N7O4/c1-13-21(31(35,36)37)17(5-18(38)22(13)33)24-23(34)25-20-27(44-7-16-3-4-19(39-16)26(44)14(2)48-28(20)40-24)42-29(41-25)47-8-15(32)6-43-9-30(10-43,11-45)12-46/h5,14-16,19,26,39,45-46H,3-4,6-12,38H2,1-2H3/t14-,15-,16+,19-,26+/m0/s1. The Hall–Kier alpha value is -3.67. The molecular formula is C31H35F6N7O4. The number of hydrogen-bond acceptors (Lipinski definition) is 11. The highest BCUT2D eigenvalue weighted by molar-refractivity contribution is 5.97. The fraction of sp³-hybridized carbons (Fsp3) is 0.581. The largest absolute Gasteiger partial charge is 0.472 e. The predicted octanol–water partition coefficient (Wildman–Crippen LogP) is 2.97. The third-order valence-corrected chi connectivity index (χ3v) is 9.93. The van der Waals surface area contributed by atoms with E-state index in [0.29, 0.717) is 25.7 Å². The maximum atomic E-state index is 16.7. The molecule has 2 bridgehead atoms. The molecule has 260 valence electrons. The Balaban J connectivity index is 1.33. The molecule has 0 radical (unpaired) electrons. The van der Waals surface area contributed by atoms with Crippen LogP contribution in [0.25, 0.3) is 22.2 Å². The summed E-state index contributed by atoms with van der Waals surface area (Å²) in [5.74, 6) is -2.58. The minimum absolute atomic E-state index is 0.0151. The first-order valence-electron chi connectivity index (χ1n) is 15.7. The van der Waals surface area contributed by atoms with Gasteiger partial charge in [0.15, 0.2) is 5.82 Å². The highest BCUT2D eigenvalue weighted by Crippen LogP contribution is 2.47. The van der Waals surface area contributed by atoms with Crippen LogP contribution in [-0.4, -0.2) is 106 Å². The van der Waals surface area contributed by atoms with Crippen LogP contribution in [0.4, 0.5) is 37.8 Å². The summed E-state index contributed by atoms with van der Waals surface area (Å²) in [5.41, 5.74) is 0.0701. The number of likely N-dealkylation sites (tertiary alicyclic amines) is 1. The smallest absolute Gasteiger partial charge is 0.417 e. The number of rotatable bonds is 8. The van der Waals surface area contributed by atoms with Crippen LogP contribution in [0.3, 0.4) is 0 Å². The first-order chi connectivity index (χ1) is 22.7. The van der Waals surface area contributed by atoms with Gasteiger partial charge in [0.05, 0.1) is 30.5 Å². The van der Waals surface area contributed by atoms with E-state index in [0.717, 1.165) is 19.8 Å². The van der Waals surface area contributed by atoms with Gasteiger partial charge in [0.25, 0.3) is 0 Å². The second-order valence-electron chi connectivity index (χ2n) is 13.4. The van der Waals surface area contributed by atoms with Crippen LogP contribution in [0.5, 0.6) is 11.9 Å². The minimum atomic E-state index is -5.10. The number of aromatic nitrogens is 3. The van der Waals surface area contributed by atoms with E-state index >= 15 is 8.78 Å². The van der Waals surface area contributed by atoms with Crippen LogP contribution < -0.4 is 25.4 Å². The van der Waals surface area contributed by atoms with Gasteiger partial charge < -0.3 is 35.6 Å². The van der Waals surface area contributed by atoms with Gasteiger partial charge in [-0.05, 0) is 38.3 Å². The van der Waals surface area contributed by atoms with Crippen LogP contribution in [0.2, 0.25) is 0 Å². The van der Waals surface area contributed by atoms with Gasteiger partial charge in [0, 0.05) is 49.2 Å². The number of piperazine rings is 1. The average molecular weight is 684 g/mol. The third-order valence-electron chi connectivity index (χ3n) is 9.93. The van der Waals surface area contributed by atoms with Gasteiger partial charge in [0.2, 0.25) is 5.88 Å². The number of nitrogens with two attached hydrogens (primary N) is 1. The molecule has 3 fully saturated rings. The SMILES string of the molecule is Cc1c(F)c(N)cc(-c2nc3c4c(nc(OC[C@@H](F)CN5CC(CO)(CO)C5)nc4c2F)N2C[C@H]4CC[C@H](N4)[C@H]2[C@H](C)O3)c1C(F)(F)F. The summed E-state index contributed by atoms with van der Waals surface area (Å²) in [5, 5.41) is 22.6. The van der Waals surface area contributed by atoms with Gasteiger partial charge in [0.1, 0.15) is 47.1 Å². The zero-order valence-corrected chi connectivity index (χ0v) is 26.1. The summed E-state index contributed by atoms with van der Waals surface area (Å²) in [6.45, 7) is 2.62. The highest BCUT2D eigenvalue weighted by atomic mass is 19.4. The molecule has 5 N–H and O–H groups in total. The Morgan fingerprint density at radius 2 is 1.88 bits per heavy atom. The van der Waals surface area contributed by atoms with E-state index in [1.807, 2.05) is 4.90 Å². The molecule has 17 heteroatoms. The number of nitrogen functional groups attached to an aromatic ring is 1. The van der Waals surface area contributed by atoms with Gasteiger partial charge in [-0.3, -0.25) is 4.90 Å². The number of hydrogen-bond donors (Lipinski definition) is 4. The number of nitrogens with one attached hydrogen (secondary N) is 1. The van der Waals surface area contributed by atoms with Gasteiger partial charge in [-0.15, -0.1) is 0 Å². The molecule has 0 unspecified atom stereocenters. The molecule has 1 aromatic carbocycles. The highest BCUT2D eigenvalue weighted by Gasteiger charge is 2.48. The molecule has 0 spiro atoms. The molecule has 4 aliphatic heterocycles. The van der Waals surface area contributed by atoms with E-state index in [2.05, 4.69) is 20.3 Å². The van der Waals surface area contributed by atoms with Crippen molar-refractivity contribution in [3.05, 3.63) is 28.8 Å². The number of aliphatic hydroxyl groups is 2. The lowest BCUT2D eigenvalue weighted by Gasteiger charge is -2.48. The molecule has 0 saturated carbocycles. The molecule has 7 rings (SSSR count). The lowest BCUT2D eigenvalue weighted by Crippen LogP contribution is -2.62. The molecule has 11 nitrogen and oxygen atoms in total. The second kappa shape index (κ2) is 11.7. The van der Waals surface area contributed by atoms with Crippen molar-refractivity contribution in [3.8, 4) is 23.1 Å². The molecule has 0 aliphatic carbocycles. The topological polar surface area (TPSA) is 142 Å². The number of benzene rings is 1. The Bertz CT molecular complexity index is 1750. The first kappa shape index (κ1) is 32.9. The van der Waals surface area contributed by atoms with Crippen LogP contribution in [0.15, 0.2) is 6.07 Å². The Kier molecular flexibility index (Phi) is 8.03. The number of halogens is 6. The van der Waals surface area contributed by atoms with Crippen molar-refractivity contribution in [2.75, 3.05) is 56.6 Å². The van der Waals surface area contributed by atoms with Crippen LogP contribution in [0, 0.1) is 24.0 Å². The minimum Gasteiger partial charge on any atom is -0.472 e. The maximum absolute atomic E-state index is 16.7. The van der Waals surface area contributed by atoms with E-state index < -0.39 is 81.7 Å². The third kappa shape index (κ3) is 5.34. The van der Waals surface area contributed by atoms with Gasteiger partial charge in [-0.25, -0.2) is 18.2 Å². The first-order valence-corrected chi connectivity index (χ1v) is 15.7. The Morgan fingerprint density at radius 1 is 1.15 bits per heavy atom. The quantitative estimate of drug-likeness (QED) is 0.206. The molecule has 6 heterocycles. The molecule has 48 heavy (non-hydrogen) atoms. The van der Waals surface area contributed by atoms with E-state index in [4.69, 9.17) is 15.2 Å². The number of fused-ring (bicyclic) bond motifs is 5. The van der Waals surface area contributed by atoms with Crippen molar-refractivity contribution in [1.29, 1.82) is 0 Å². The summed E-state index contributed by atoms with van der Waals surface area (Å²) in [7, 11) is 0. The molecule has 4 aliphatic rings. The molecule has 3 saturated heterocycles. The van der Waals surface area contributed by atoms with Crippen LogP contribution >= 0.6 is 0 Å². The lowest BCUT2D eigenvalue weighted by atomic mass is 9.81. The summed E-state index contributed by atoms with van der Waals surface area (Å²) in [6, 6.07) is -0.00552. The Morgan fingerprint density at radius 3 is 2.56 bits per heavy atom. The van der Waals surface area contributed by atoms with Crippen molar-refractivity contribution >= 4 is 22.4 Å². The number of alkyl halides is 4. The summed E-state index contributed by atoms with van der Waals surface area (Å²) in [4.78, 5) is 16.7. The second-order valence-corrected chi connectivity index (χ2v) is 13.4. The normalized spacial score (nSPS) is 25.3. The summed E-state index contributed by atoms with van der Waals surface area (Å²) < 4.78 is 101. The average Bonchev–Trinajstić information content (AvgIpc) is 3.34. The lowest BCUT2D eigenvalue weighted by molar-refractivity contribution is -0.137. The van der Waals surface area contributed by atoms with Gasteiger partial charge in [-0.2, -0.15) is 23.1 Å². The number of anilines is 2. The molecule has 0 amide bonds. The number of aliphatic hydroxyl groups excluding tert-OH is 2. The molecule has 5 atom stereocenters. The van der Waals surface area contributed by atoms with Crippen molar-refractivity contribution in [3.63, 3.8) is 0 Å². The van der Waals surface area contributed by atoms with E-state index in [1.165, 1.54) is 0 Å². The fourth-order valence-electron chi connectivity index (χ4n) is 7.68. The summed E-state index contributed by atoms with van der Waals surface area (Å²) >= 11 is 0. The van der Waals surface area contributed by atoms with Crippen molar-refractivity contribution < 1.29 is 46.0 Å².